The van der Waals surface area contributed by atoms with Crippen LogP contribution in [0.2, 0.25) is 0 Å². The second kappa shape index (κ2) is 6.44. The lowest BCUT2D eigenvalue weighted by Gasteiger charge is -2.04. The van der Waals surface area contributed by atoms with Crippen molar-refractivity contribution in [2.45, 2.75) is 9.79 Å². The first kappa shape index (κ1) is 17.1. The van der Waals surface area contributed by atoms with Gasteiger partial charge in [-0.15, -0.1) is 4.28 Å². The quantitative estimate of drug-likeness (QED) is 0.600. The van der Waals surface area contributed by atoms with E-state index in [9.17, 15) is 22.7 Å². The summed E-state index contributed by atoms with van der Waals surface area (Å²) in [5.74, 6) is 0. The minimum atomic E-state index is -4.31. The fourth-order valence-corrected chi connectivity index (χ4v) is 3.68. The Morgan fingerprint density at radius 2 is 1.52 bits per heavy atom. The van der Waals surface area contributed by atoms with Crippen molar-refractivity contribution in [3.63, 3.8) is 0 Å². The highest BCUT2D eigenvalue weighted by molar-refractivity contribution is 7.93. The number of nitrogens with zero attached hydrogens (tertiary/aromatic N) is 2. The van der Waals surface area contributed by atoms with Crippen LogP contribution in [0.4, 0.5) is 5.69 Å². The topological polar surface area (TPSA) is 116 Å². The van der Waals surface area contributed by atoms with Crippen LogP contribution in [0.25, 0.3) is 0 Å². The first-order valence-corrected chi connectivity index (χ1v) is 9.50. The Balaban J connectivity index is 2.30. The van der Waals surface area contributed by atoms with Gasteiger partial charge >= 0.3 is 10.1 Å². The Labute approximate surface area is 133 Å². The van der Waals surface area contributed by atoms with Crippen LogP contribution in [-0.4, -0.2) is 23.8 Å². The van der Waals surface area contributed by atoms with E-state index < -0.39 is 24.8 Å². The van der Waals surface area contributed by atoms with Crippen LogP contribution in [0.3, 0.4) is 0 Å². The molecule has 0 aromatic heterocycles. The van der Waals surface area contributed by atoms with Crippen LogP contribution >= 0.6 is 0 Å². The van der Waals surface area contributed by atoms with E-state index in [-0.39, 0.29) is 10.6 Å². The normalized spacial score (nSPS) is 14.0. The zero-order chi connectivity index (χ0) is 17.1. The fourth-order valence-electron chi connectivity index (χ4n) is 1.59. The molecule has 1 unspecified atom stereocenters. The molecule has 23 heavy (non-hydrogen) atoms. The molecule has 122 valence electrons. The Hall–Kier alpha value is -2.30. The Kier molecular flexibility index (Phi) is 4.78. The van der Waals surface area contributed by atoms with Gasteiger partial charge in [-0.25, -0.2) is 4.21 Å². The standard InChI is InChI=1S/C13H12N2O6S2/c1-22(18,12-5-3-2-4-6-12)14-21-23(19,20)13-9-7-11(8-10-13)15(16)17/h2-10H,1H3. The molecule has 0 aliphatic carbocycles. The van der Waals surface area contributed by atoms with E-state index in [1.165, 1.54) is 18.4 Å². The molecular formula is C13H12N2O6S2. The van der Waals surface area contributed by atoms with Crippen molar-refractivity contribution in [3.05, 3.63) is 64.7 Å². The predicted octanol–water partition coefficient (Wildman–Crippen LogP) is 2.37. The maximum absolute atomic E-state index is 12.4. The van der Waals surface area contributed by atoms with Crippen LogP contribution in [0.1, 0.15) is 0 Å². The van der Waals surface area contributed by atoms with Crippen molar-refractivity contribution < 1.29 is 21.8 Å². The highest BCUT2D eigenvalue weighted by Gasteiger charge is 2.18. The van der Waals surface area contributed by atoms with Gasteiger partial charge in [0, 0.05) is 23.3 Å². The summed E-state index contributed by atoms with van der Waals surface area (Å²) in [5, 5.41) is 10.5. The molecule has 8 nitrogen and oxygen atoms in total. The summed E-state index contributed by atoms with van der Waals surface area (Å²) in [4.78, 5) is 9.88. The summed E-state index contributed by atoms with van der Waals surface area (Å²) in [6, 6.07) is 12.1. The van der Waals surface area contributed by atoms with E-state index >= 15 is 0 Å². The van der Waals surface area contributed by atoms with E-state index in [4.69, 9.17) is 0 Å². The zero-order valence-corrected chi connectivity index (χ0v) is 13.5. The molecule has 10 heteroatoms. The lowest BCUT2D eigenvalue weighted by atomic mass is 10.3. The average Bonchev–Trinajstić information content (AvgIpc) is 2.54. The maximum atomic E-state index is 12.4. The van der Waals surface area contributed by atoms with Crippen LogP contribution in [0.5, 0.6) is 0 Å². The molecule has 0 saturated heterocycles. The molecular weight excluding hydrogens is 344 g/mol. The molecule has 0 bridgehead atoms. The van der Waals surface area contributed by atoms with Gasteiger partial charge in [-0.3, -0.25) is 10.1 Å². The molecule has 0 N–H and O–H groups in total. The third-order valence-corrected chi connectivity index (χ3v) is 5.51. The molecule has 0 fully saturated rings. The third kappa shape index (κ3) is 4.12. The van der Waals surface area contributed by atoms with Gasteiger partial charge in [0.1, 0.15) is 9.73 Å². The summed E-state index contributed by atoms with van der Waals surface area (Å²) in [6.07, 6.45) is 1.24. The van der Waals surface area contributed by atoms with E-state index in [1.807, 2.05) is 0 Å². The van der Waals surface area contributed by atoms with Crippen molar-refractivity contribution >= 4 is 25.5 Å². The summed E-state index contributed by atoms with van der Waals surface area (Å²) in [6.45, 7) is 0. The van der Waals surface area contributed by atoms with Gasteiger partial charge in [0.2, 0.25) is 0 Å². The van der Waals surface area contributed by atoms with Crippen LogP contribution in [0.15, 0.2) is 68.9 Å². The van der Waals surface area contributed by atoms with Crippen LogP contribution in [0, 0.1) is 10.1 Å². The van der Waals surface area contributed by atoms with Crippen molar-refractivity contribution in [1.82, 2.24) is 0 Å². The summed E-state index contributed by atoms with van der Waals surface area (Å²) in [7, 11) is -7.37. The van der Waals surface area contributed by atoms with Crippen molar-refractivity contribution in [2.75, 3.05) is 6.26 Å². The Bertz CT molecular complexity index is 930. The lowest BCUT2D eigenvalue weighted by Crippen LogP contribution is -2.06. The smallest absolute Gasteiger partial charge is 0.258 e. The second-order valence-corrected chi connectivity index (χ2v) is 8.22. The van der Waals surface area contributed by atoms with E-state index in [0.29, 0.717) is 4.90 Å². The number of hydrogen-bond acceptors (Lipinski definition) is 7. The summed E-state index contributed by atoms with van der Waals surface area (Å²) < 4.78 is 44.1. The van der Waals surface area contributed by atoms with E-state index in [2.05, 4.69) is 8.81 Å². The summed E-state index contributed by atoms with van der Waals surface area (Å²) in [5.41, 5.74) is -0.260. The highest BCUT2D eigenvalue weighted by Crippen LogP contribution is 2.19. The average molecular weight is 356 g/mol. The van der Waals surface area contributed by atoms with E-state index in [1.54, 1.807) is 18.2 Å². The third-order valence-electron chi connectivity index (χ3n) is 2.79. The maximum Gasteiger partial charge on any atom is 0.319 e. The van der Waals surface area contributed by atoms with Gasteiger partial charge in [-0.2, -0.15) is 8.42 Å². The molecule has 0 amide bonds. The number of benzene rings is 2. The molecule has 2 rings (SSSR count). The summed E-state index contributed by atoms with van der Waals surface area (Å²) >= 11 is 0. The molecule has 1 atom stereocenters. The molecule has 0 radical (unpaired) electrons. The SMILES string of the molecule is CS(=O)(=NOS(=O)(=O)c1ccc([N+](=O)[O-])cc1)c1ccccc1. The minimum Gasteiger partial charge on any atom is -0.258 e. The molecule has 0 aliphatic rings. The number of hydrogen-bond donors (Lipinski definition) is 0. The van der Waals surface area contributed by atoms with Crippen molar-refractivity contribution in [1.29, 1.82) is 0 Å². The van der Waals surface area contributed by atoms with Crippen molar-refractivity contribution in [3.8, 4) is 0 Å². The lowest BCUT2D eigenvalue weighted by molar-refractivity contribution is -0.384. The molecule has 0 heterocycles. The molecule has 0 aliphatic heterocycles. The van der Waals surface area contributed by atoms with Gasteiger partial charge in [0.05, 0.1) is 9.82 Å². The molecule has 0 spiro atoms. The van der Waals surface area contributed by atoms with Gasteiger partial charge in [0.25, 0.3) is 5.69 Å². The fraction of sp³-hybridized carbons (Fsp3) is 0.0769. The first-order valence-electron chi connectivity index (χ1n) is 6.17. The Morgan fingerprint density at radius 1 is 0.957 bits per heavy atom. The van der Waals surface area contributed by atoms with E-state index in [0.717, 1.165) is 24.3 Å². The number of rotatable bonds is 5. The molecule has 2 aromatic carbocycles. The predicted molar refractivity (Wildman–Crippen MR) is 82.6 cm³/mol. The first-order chi connectivity index (χ1) is 10.7. The number of non-ortho nitro benzene ring substituents is 1. The number of nitro benzene ring substituents is 1. The molecule has 2 aromatic rings. The second-order valence-electron chi connectivity index (χ2n) is 4.47. The van der Waals surface area contributed by atoms with Crippen molar-refractivity contribution in [2.24, 2.45) is 4.53 Å². The number of nitro groups is 1. The minimum absolute atomic E-state index is 0.260. The van der Waals surface area contributed by atoms with Gasteiger partial charge in [0.15, 0.2) is 0 Å². The van der Waals surface area contributed by atoms with Crippen LogP contribution < -0.4 is 0 Å². The van der Waals surface area contributed by atoms with Gasteiger partial charge < -0.3 is 0 Å². The highest BCUT2D eigenvalue weighted by atomic mass is 32.2. The van der Waals surface area contributed by atoms with Gasteiger partial charge in [-0.05, 0) is 24.3 Å². The van der Waals surface area contributed by atoms with Crippen LogP contribution in [-0.2, 0) is 24.1 Å². The largest absolute Gasteiger partial charge is 0.319 e. The monoisotopic (exact) mass is 356 g/mol. The Morgan fingerprint density at radius 3 is 2.04 bits per heavy atom. The van der Waals surface area contributed by atoms with Gasteiger partial charge in [-0.1, -0.05) is 22.7 Å². The zero-order valence-electron chi connectivity index (χ0n) is 11.9. The molecule has 0 saturated carbocycles.